The van der Waals surface area contributed by atoms with Crippen molar-refractivity contribution in [2.24, 2.45) is 0 Å². The average molecular weight is 259 g/mol. The van der Waals surface area contributed by atoms with Crippen LogP contribution >= 0.6 is 0 Å². The van der Waals surface area contributed by atoms with Crippen molar-refractivity contribution in [3.8, 4) is 0 Å². The number of nitrogens with zero attached hydrogens (tertiary/aromatic N) is 5. The van der Waals surface area contributed by atoms with Crippen molar-refractivity contribution in [1.82, 2.24) is 19.5 Å². The normalized spacial score (nSPS) is 16.1. The Morgan fingerprint density at radius 1 is 1.21 bits per heavy atom. The summed E-state index contributed by atoms with van der Waals surface area (Å²) in [6.45, 7) is 5.13. The van der Waals surface area contributed by atoms with Crippen molar-refractivity contribution in [1.29, 1.82) is 0 Å². The first kappa shape index (κ1) is 12.0. The highest BCUT2D eigenvalue weighted by molar-refractivity contribution is 5.76. The fourth-order valence-corrected chi connectivity index (χ4v) is 2.47. The minimum Gasteiger partial charge on any atom is -0.353 e. The van der Waals surface area contributed by atoms with Crippen LogP contribution in [0.4, 0.5) is 5.82 Å². The third-order valence-electron chi connectivity index (χ3n) is 3.53. The van der Waals surface area contributed by atoms with Gasteiger partial charge in [0.25, 0.3) is 0 Å². The van der Waals surface area contributed by atoms with Gasteiger partial charge in [-0.2, -0.15) is 9.61 Å². The van der Waals surface area contributed by atoms with E-state index < -0.39 is 0 Å². The summed E-state index contributed by atoms with van der Waals surface area (Å²) in [5.74, 6) is 1.28. The van der Waals surface area contributed by atoms with E-state index in [1.54, 1.807) is 12.4 Å². The molecule has 0 N–H and O–H groups in total. The molecule has 1 aliphatic heterocycles. The standard InChI is InChI=1S/C13H17N5O/c1-2-13(19)17-9-7-16(8-10-17)12-4-5-14-11-3-6-15-18(11)12/h3-6H,2,7-10H2,1H3. The van der Waals surface area contributed by atoms with Crippen molar-refractivity contribution < 1.29 is 4.79 Å². The molecule has 1 fully saturated rings. The molecule has 3 heterocycles. The Morgan fingerprint density at radius 2 is 2.00 bits per heavy atom. The first-order valence-electron chi connectivity index (χ1n) is 6.61. The number of aromatic nitrogens is 3. The minimum absolute atomic E-state index is 0.235. The third kappa shape index (κ3) is 2.14. The van der Waals surface area contributed by atoms with E-state index in [9.17, 15) is 4.79 Å². The van der Waals surface area contributed by atoms with Gasteiger partial charge in [0.05, 0.1) is 6.20 Å². The predicted molar refractivity (Wildman–Crippen MR) is 72.1 cm³/mol. The van der Waals surface area contributed by atoms with Crippen LogP contribution in [0.1, 0.15) is 13.3 Å². The van der Waals surface area contributed by atoms with Gasteiger partial charge >= 0.3 is 0 Å². The summed E-state index contributed by atoms with van der Waals surface area (Å²) in [7, 11) is 0. The van der Waals surface area contributed by atoms with Gasteiger partial charge in [0, 0.05) is 44.9 Å². The molecule has 0 aliphatic carbocycles. The molecule has 0 bridgehead atoms. The van der Waals surface area contributed by atoms with Gasteiger partial charge in [0.15, 0.2) is 5.65 Å². The zero-order valence-electron chi connectivity index (χ0n) is 11.0. The lowest BCUT2D eigenvalue weighted by Gasteiger charge is -2.35. The highest BCUT2D eigenvalue weighted by Gasteiger charge is 2.21. The molecular formula is C13H17N5O. The highest BCUT2D eigenvalue weighted by Crippen LogP contribution is 2.16. The second kappa shape index (κ2) is 4.87. The van der Waals surface area contributed by atoms with Gasteiger partial charge in [0.1, 0.15) is 5.82 Å². The van der Waals surface area contributed by atoms with Gasteiger partial charge in [-0.15, -0.1) is 0 Å². The summed E-state index contributed by atoms with van der Waals surface area (Å²) >= 11 is 0. The molecule has 0 spiro atoms. The second-order valence-electron chi connectivity index (χ2n) is 4.63. The Hall–Kier alpha value is -2.11. The summed E-state index contributed by atoms with van der Waals surface area (Å²) in [5, 5.41) is 4.30. The van der Waals surface area contributed by atoms with Crippen molar-refractivity contribution >= 4 is 17.4 Å². The van der Waals surface area contributed by atoms with E-state index in [2.05, 4.69) is 15.0 Å². The van der Waals surface area contributed by atoms with Gasteiger partial charge in [-0.25, -0.2) is 4.98 Å². The molecule has 0 aromatic carbocycles. The van der Waals surface area contributed by atoms with E-state index in [0.717, 1.165) is 37.6 Å². The summed E-state index contributed by atoms with van der Waals surface area (Å²) < 4.78 is 1.84. The first-order valence-corrected chi connectivity index (χ1v) is 6.61. The minimum atomic E-state index is 0.235. The maximum absolute atomic E-state index is 11.7. The summed E-state index contributed by atoms with van der Waals surface area (Å²) in [6, 6.07) is 3.86. The van der Waals surface area contributed by atoms with E-state index in [1.165, 1.54) is 0 Å². The molecule has 19 heavy (non-hydrogen) atoms. The summed E-state index contributed by atoms with van der Waals surface area (Å²) in [6.07, 6.45) is 4.14. The van der Waals surface area contributed by atoms with Crippen LogP contribution < -0.4 is 4.90 Å². The molecule has 6 heteroatoms. The number of anilines is 1. The zero-order valence-corrected chi connectivity index (χ0v) is 11.0. The van der Waals surface area contributed by atoms with Crippen LogP contribution in [0.5, 0.6) is 0 Å². The lowest BCUT2D eigenvalue weighted by Crippen LogP contribution is -2.49. The first-order chi connectivity index (χ1) is 9.29. The molecule has 2 aromatic heterocycles. The van der Waals surface area contributed by atoms with Crippen molar-refractivity contribution in [3.63, 3.8) is 0 Å². The molecule has 0 radical (unpaired) electrons. The molecule has 6 nitrogen and oxygen atoms in total. The number of piperazine rings is 1. The second-order valence-corrected chi connectivity index (χ2v) is 4.63. The van der Waals surface area contributed by atoms with Crippen LogP contribution in [0.15, 0.2) is 24.5 Å². The van der Waals surface area contributed by atoms with Crippen molar-refractivity contribution in [2.75, 3.05) is 31.1 Å². The Balaban J connectivity index is 1.78. The SMILES string of the molecule is CCC(=O)N1CCN(c2ccnc3ccnn23)CC1. The van der Waals surface area contributed by atoms with E-state index in [0.29, 0.717) is 6.42 Å². The lowest BCUT2D eigenvalue weighted by atomic mass is 10.3. The maximum atomic E-state index is 11.7. The predicted octanol–water partition coefficient (Wildman–Crippen LogP) is 0.788. The number of hydrogen-bond donors (Lipinski definition) is 0. The van der Waals surface area contributed by atoms with Crippen LogP contribution in [-0.2, 0) is 4.79 Å². The number of hydrogen-bond acceptors (Lipinski definition) is 4. The summed E-state index contributed by atoms with van der Waals surface area (Å²) in [4.78, 5) is 20.1. The number of amides is 1. The van der Waals surface area contributed by atoms with E-state index in [1.807, 2.05) is 28.5 Å². The molecule has 0 unspecified atom stereocenters. The Kier molecular flexibility index (Phi) is 3.06. The van der Waals surface area contributed by atoms with Gasteiger partial charge in [-0.3, -0.25) is 4.79 Å². The Morgan fingerprint density at radius 3 is 2.74 bits per heavy atom. The fourth-order valence-electron chi connectivity index (χ4n) is 2.47. The van der Waals surface area contributed by atoms with E-state index in [-0.39, 0.29) is 5.91 Å². The molecule has 0 saturated carbocycles. The largest absolute Gasteiger partial charge is 0.353 e. The van der Waals surface area contributed by atoms with Crippen LogP contribution in [0, 0.1) is 0 Å². The van der Waals surface area contributed by atoms with Crippen molar-refractivity contribution in [2.45, 2.75) is 13.3 Å². The topological polar surface area (TPSA) is 53.7 Å². The smallest absolute Gasteiger partial charge is 0.222 e. The Labute approximate surface area is 111 Å². The molecule has 1 saturated heterocycles. The van der Waals surface area contributed by atoms with E-state index >= 15 is 0 Å². The molecule has 3 rings (SSSR count). The molecule has 1 amide bonds. The number of carbonyl (C=O) groups excluding carboxylic acids is 1. The van der Waals surface area contributed by atoms with Crippen LogP contribution in [0.25, 0.3) is 5.65 Å². The molecule has 100 valence electrons. The molecule has 2 aromatic rings. The van der Waals surface area contributed by atoms with Gasteiger partial charge in [-0.05, 0) is 6.07 Å². The third-order valence-corrected chi connectivity index (χ3v) is 3.53. The summed E-state index contributed by atoms with van der Waals surface area (Å²) in [5.41, 5.74) is 0.851. The lowest BCUT2D eigenvalue weighted by molar-refractivity contribution is -0.131. The number of rotatable bonds is 2. The molecular weight excluding hydrogens is 242 g/mol. The van der Waals surface area contributed by atoms with Gasteiger partial charge in [0.2, 0.25) is 5.91 Å². The average Bonchev–Trinajstić information content (AvgIpc) is 2.95. The van der Waals surface area contributed by atoms with Crippen LogP contribution in [0.2, 0.25) is 0 Å². The van der Waals surface area contributed by atoms with Crippen molar-refractivity contribution in [3.05, 3.63) is 24.5 Å². The van der Waals surface area contributed by atoms with Gasteiger partial charge in [-0.1, -0.05) is 6.92 Å². The number of carbonyl (C=O) groups is 1. The quantitative estimate of drug-likeness (QED) is 0.800. The highest BCUT2D eigenvalue weighted by atomic mass is 16.2. The maximum Gasteiger partial charge on any atom is 0.222 e. The Bertz CT molecular complexity index is 585. The number of fused-ring (bicyclic) bond motifs is 1. The zero-order chi connectivity index (χ0) is 13.2. The van der Waals surface area contributed by atoms with E-state index in [4.69, 9.17) is 0 Å². The monoisotopic (exact) mass is 259 g/mol. The fraction of sp³-hybridized carbons (Fsp3) is 0.462. The van der Waals surface area contributed by atoms with Crippen LogP contribution in [0.3, 0.4) is 0 Å². The molecule has 1 aliphatic rings. The van der Waals surface area contributed by atoms with Gasteiger partial charge < -0.3 is 9.80 Å². The molecule has 0 atom stereocenters. The van der Waals surface area contributed by atoms with Crippen LogP contribution in [-0.4, -0.2) is 51.6 Å².